The van der Waals surface area contributed by atoms with Gasteiger partial charge in [0.1, 0.15) is 5.75 Å². The SMILES string of the molecule is CNCC(O)c1ccc(OC)c(C)c1C. The van der Waals surface area contributed by atoms with E-state index >= 15 is 0 Å². The summed E-state index contributed by atoms with van der Waals surface area (Å²) in [4.78, 5) is 0. The van der Waals surface area contributed by atoms with Gasteiger partial charge in [0.25, 0.3) is 0 Å². The van der Waals surface area contributed by atoms with Gasteiger partial charge in [0, 0.05) is 6.54 Å². The van der Waals surface area contributed by atoms with Crippen LogP contribution in [0.4, 0.5) is 0 Å². The molecule has 15 heavy (non-hydrogen) atoms. The molecule has 0 aromatic heterocycles. The predicted molar refractivity (Wildman–Crippen MR) is 61.4 cm³/mol. The number of ether oxygens (including phenoxy) is 1. The van der Waals surface area contributed by atoms with E-state index in [1.807, 2.05) is 33.0 Å². The molecule has 1 aromatic rings. The number of aliphatic hydroxyl groups is 1. The monoisotopic (exact) mass is 209 g/mol. The first-order valence-electron chi connectivity index (χ1n) is 5.08. The minimum atomic E-state index is -0.459. The zero-order valence-corrected chi connectivity index (χ0v) is 9.79. The fourth-order valence-electron chi connectivity index (χ4n) is 1.70. The molecular weight excluding hydrogens is 190 g/mol. The zero-order valence-electron chi connectivity index (χ0n) is 9.79. The molecule has 0 spiro atoms. The smallest absolute Gasteiger partial charge is 0.122 e. The predicted octanol–water partition coefficient (Wildman–Crippen LogP) is 1.56. The van der Waals surface area contributed by atoms with Gasteiger partial charge in [0.15, 0.2) is 0 Å². The van der Waals surface area contributed by atoms with Crippen LogP contribution in [0.3, 0.4) is 0 Å². The third-order valence-electron chi connectivity index (χ3n) is 2.76. The van der Waals surface area contributed by atoms with Crippen LogP contribution in [0, 0.1) is 13.8 Å². The van der Waals surface area contributed by atoms with Gasteiger partial charge >= 0.3 is 0 Å². The van der Waals surface area contributed by atoms with Crippen molar-refractivity contribution in [2.24, 2.45) is 0 Å². The van der Waals surface area contributed by atoms with Gasteiger partial charge in [-0.2, -0.15) is 0 Å². The number of aliphatic hydroxyl groups excluding tert-OH is 1. The Hall–Kier alpha value is -1.06. The van der Waals surface area contributed by atoms with E-state index in [1.165, 1.54) is 0 Å². The van der Waals surface area contributed by atoms with Gasteiger partial charge in [-0.25, -0.2) is 0 Å². The van der Waals surface area contributed by atoms with Crippen molar-refractivity contribution < 1.29 is 9.84 Å². The van der Waals surface area contributed by atoms with Crippen LogP contribution in [0.15, 0.2) is 12.1 Å². The van der Waals surface area contributed by atoms with Gasteiger partial charge < -0.3 is 15.2 Å². The summed E-state index contributed by atoms with van der Waals surface area (Å²) in [6.07, 6.45) is -0.459. The lowest BCUT2D eigenvalue weighted by Crippen LogP contribution is -2.17. The largest absolute Gasteiger partial charge is 0.496 e. The minimum absolute atomic E-state index is 0.459. The Morgan fingerprint density at radius 3 is 2.53 bits per heavy atom. The summed E-state index contributed by atoms with van der Waals surface area (Å²) in [7, 11) is 3.49. The molecule has 0 amide bonds. The summed E-state index contributed by atoms with van der Waals surface area (Å²) < 4.78 is 5.22. The zero-order chi connectivity index (χ0) is 11.4. The summed E-state index contributed by atoms with van der Waals surface area (Å²) >= 11 is 0. The van der Waals surface area contributed by atoms with Gasteiger partial charge in [-0.05, 0) is 43.7 Å². The van der Waals surface area contributed by atoms with Crippen molar-refractivity contribution in [3.8, 4) is 5.75 Å². The molecule has 2 N–H and O–H groups in total. The Morgan fingerprint density at radius 1 is 1.33 bits per heavy atom. The van der Waals surface area contributed by atoms with Crippen molar-refractivity contribution in [1.29, 1.82) is 0 Å². The highest BCUT2D eigenvalue weighted by Gasteiger charge is 2.12. The lowest BCUT2D eigenvalue weighted by molar-refractivity contribution is 0.177. The van der Waals surface area contributed by atoms with E-state index in [9.17, 15) is 5.11 Å². The fraction of sp³-hybridized carbons (Fsp3) is 0.500. The van der Waals surface area contributed by atoms with E-state index in [0.29, 0.717) is 6.54 Å². The number of likely N-dealkylation sites (N-methyl/N-ethyl adjacent to an activating group) is 1. The van der Waals surface area contributed by atoms with Crippen LogP contribution in [0.5, 0.6) is 5.75 Å². The quantitative estimate of drug-likeness (QED) is 0.790. The molecule has 0 aliphatic carbocycles. The van der Waals surface area contributed by atoms with Crippen molar-refractivity contribution in [1.82, 2.24) is 5.32 Å². The van der Waals surface area contributed by atoms with Crippen molar-refractivity contribution in [3.05, 3.63) is 28.8 Å². The first-order chi connectivity index (χ1) is 7.11. The second-order valence-electron chi connectivity index (χ2n) is 3.68. The molecule has 84 valence electrons. The normalized spacial score (nSPS) is 12.6. The molecule has 3 nitrogen and oxygen atoms in total. The Kier molecular flexibility index (Phi) is 4.12. The molecule has 1 rings (SSSR count). The molecular formula is C12H19NO2. The molecule has 1 unspecified atom stereocenters. The lowest BCUT2D eigenvalue weighted by atomic mass is 9.98. The average Bonchev–Trinajstić information content (AvgIpc) is 2.22. The van der Waals surface area contributed by atoms with Crippen molar-refractivity contribution >= 4 is 0 Å². The molecule has 0 saturated carbocycles. The number of nitrogens with one attached hydrogen (secondary N) is 1. The topological polar surface area (TPSA) is 41.5 Å². The fourth-order valence-corrected chi connectivity index (χ4v) is 1.70. The molecule has 0 saturated heterocycles. The van der Waals surface area contributed by atoms with E-state index in [2.05, 4.69) is 5.32 Å². The van der Waals surface area contributed by atoms with E-state index < -0.39 is 6.10 Å². The van der Waals surface area contributed by atoms with Crippen LogP contribution in [0.2, 0.25) is 0 Å². The molecule has 3 heteroatoms. The summed E-state index contributed by atoms with van der Waals surface area (Å²) in [5.41, 5.74) is 3.14. The Balaban J connectivity index is 3.06. The van der Waals surface area contributed by atoms with Gasteiger partial charge in [0.05, 0.1) is 13.2 Å². The highest BCUT2D eigenvalue weighted by molar-refractivity contribution is 5.44. The van der Waals surface area contributed by atoms with Crippen molar-refractivity contribution in [2.75, 3.05) is 20.7 Å². The molecule has 0 aliphatic heterocycles. The van der Waals surface area contributed by atoms with E-state index in [4.69, 9.17) is 4.74 Å². The van der Waals surface area contributed by atoms with Crippen molar-refractivity contribution in [3.63, 3.8) is 0 Å². The van der Waals surface area contributed by atoms with Crippen LogP contribution < -0.4 is 10.1 Å². The maximum absolute atomic E-state index is 9.89. The Bertz CT molecular complexity index is 337. The second-order valence-corrected chi connectivity index (χ2v) is 3.68. The molecule has 0 bridgehead atoms. The molecule has 1 aromatic carbocycles. The third kappa shape index (κ3) is 2.49. The van der Waals surface area contributed by atoms with Gasteiger partial charge in [-0.3, -0.25) is 0 Å². The lowest BCUT2D eigenvalue weighted by Gasteiger charge is -2.16. The van der Waals surface area contributed by atoms with E-state index in [1.54, 1.807) is 7.11 Å². The first kappa shape index (κ1) is 12.0. The number of rotatable bonds is 4. The van der Waals surface area contributed by atoms with Gasteiger partial charge in [0.2, 0.25) is 0 Å². The molecule has 1 atom stereocenters. The number of methoxy groups -OCH3 is 1. The van der Waals surface area contributed by atoms with E-state index in [0.717, 1.165) is 22.4 Å². The van der Waals surface area contributed by atoms with Crippen LogP contribution in [-0.2, 0) is 0 Å². The van der Waals surface area contributed by atoms with Crippen LogP contribution in [0.1, 0.15) is 22.8 Å². The summed E-state index contributed by atoms with van der Waals surface area (Å²) in [5.74, 6) is 0.868. The average molecular weight is 209 g/mol. The second kappa shape index (κ2) is 5.14. The molecule has 0 fully saturated rings. The molecule has 0 heterocycles. The Labute approximate surface area is 91.1 Å². The van der Waals surface area contributed by atoms with Gasteiger partial charge in [-0.1, -0.05) is 6.07 Å². The summed E-state index contributed by atoms with van der Waals surface area (Å²) in [5, 5.41) is 12.8. The highest BCUT2D eigenvalue weighted by atomic mass is 16.5. The maximum Gasteiger partial charge on any atom is 0.122 e. The Morgan fingerprint density at radius 2 is 2.00 bits per heavy atom. The molecule has 0 aliphatic rings. The van der Waals surface area contributed by atoms with Gasteiger partial charge in [-0.15, -0.1) is 0 Å². The standard InChI is InChI=1S/C12H19NO2/c1-8-9(2)12(15-4)6-5-10(8)11(14)7-13-3/h5-6,11,13-14H,7H2,1-4H3. The van der Waals surface area contributed by atoms with Crippen molar-refractivity contribution in [2.45, 2.75) is 20.0 Å². The molecule has 0 radical (unpaired) electrons. The number of hydrogen-bond donors (Lipinski definition) is 2. The minimum Gasteiger partial charge on any atom is -0.496 e. The highest BCUT2D eigenvalue weighted by Crippen LogP contribution is 2.27. The number of benzene rings is 1. The number of hydrogen-bond acceptors (Lipinski definition) is 3. The van der Waals surface area contributed by atoms with Crippen LogP contribution >= 0.6 is 0 Å². The third-order valence-corrected chi connectivity index (χ3v) is 2.76. The summed E-state index contributed by atoms with van der Waals surface area (Å²) in [6, 6.07) is 3.82. The maximum atomic E-state index is 9.89. The van der Waals surface area contributed by atoms with E-state index in [-0.39, 0.29) is 0 Å². The summed E-state index contributed by atoms with van der Waals surface area (Å²) in [6.45, 7) is 4.57. The van der Waals surface area contributed by atoms with Crippen LogP contribution in [0.25, 0.3) is 0 Å². The first-order valence-corrected chi connectivity index (χ1v) is 5.08. The van der Waals surface area contributed by atoms with Crippen LogP contribution in [-0.4, -0.2) is 25.8 Å².